The lowest BCUT2D eigenvalue weighted by atomic mass is 9.98. The average Bonchev–Trinajstić information content (AvgIpc) is 2.42. The van der Waals surface area contributed by atoms with E-state index in [1.54, 1.807) is 0 Å². The van der Waals surface area contributed by atoms with Crippen LogP contribution in [0.5, 0.6) is 0 Å². The molecule has 97 valence electrons. The molecule has 0 bridgehead atoms. The summed E-state index contributed by atoms with van der Waals surface area (Å²) in [5.74, 6) is -0.281. The Bertz CT molecular complexity index is 201. The fourth-order valence-electron chi connectivity index (χ4n) is 2.29. The van der Waals surface area contributed by atoms with Gasteiger partial charge in [-0.1, -0.05) is 45.1 Å². The maximum Gasteiger partial charge on any atom is 0.330 e. The van der Waals surface area contributed by atoms with Crippen molar-refractivity contribution in [2.45, 2.75) is 70.3 Å². The van der Waals surface area contributed by atoms with Gasteiger partial charge in [-0.3, -0.25) is 0 Å². The third kappa shape index (κ3) is 7.19. The summed E-state index contributed by atoms with van der Waals surface area (Å²) in [4.78, 5) is 10.7. The lowest BCUT2D eigenvalue weighted by Crippen LogP contribution is -2.19. The molecule has 2 rings (SSSR count). The molecule has 0 aromatic carbocycles. The van der Waals surface area contributed by atoms with Gasteiger partial charge < -0.3 is 4.74 Å². The summed E-state index contributed by atoms with van der Waals surface area (Å²) in [6, 6.07) is 0. The van der Waals surface area contributed by atoms with Crippen molar-refractivity contribution in [2.75, 3.05) is 0 Å². The minimum absolute atomic E-state index is 0.161. The van der Waals surface area contributed by atoms with Gasteiger partial charge in [0.1, 0.15) is 6.10 Å². The number of ether oxygens (including phenoxy) is 1. The summed E-state index contributed by atoms with van der Waals surface area (Å²) in [6.07, 6.45) is 16.6. The van der Waals surface area contributed by atoms with Crippen molar-refractivity contribution in [1.82, 2.24) is 0 Å². The monoisotopic (exact) mass is 237 g/mol. The van der Waals surface area contributed by atoms with E-state index in [1.165, 1.54) is 57.4 Å². The Morgan fingerprint density at radius 1 is 1.06 bits per heavy atom. The molecular formula is C15H25O2. The predicted molar refractivity (Wildman–Crippen MR) is 70.5 cm³/mol. The zero-order valence-corrected chi connectivity index (χ0v) is 10.8. The van der Waals surface area contributed by atoms with Crippen molar-refractivity contribution in [1.29, 1.82) is 0 Å². The molecule has 2 aliphatic carbocycles. The second kappa shape index (κ2) is 9.26. The number of rotatable bonds is 2. The fourth-order valence-corrected chi connectivity index (χ4v) is 2.29. The van der Waals surface area contributed by atoms with E-state index in [1.807, 2.05) is 0 Å². The van der Waals surface area contributed by atoms with E-state index >= 15 is 0 Å². The van der Waals surface area contributed by atoms with E-state index in [2.05, 4.69) is 13.0 Å². The van der Waals surface area contributed by atoms with Gasteiger partial charge in [0.2, 0.25) is 0 Å². The average molecular weight is 237 g/mol. The van der Waals surface area contributed by atoms with Gasteiger partial charge in [0.15, 0.2) is 0 Å². The lowest BCUT2D eigenvalue weighted by Gasteiger charge is -2.20. The largest absolute Gasteiger partial charge is 0.459 e. The highest BCUT2D eigenvalue weighted by molar-refractivity contribution is 5.81. The molecule has 0 unspecified atom stereocenters. The molecule has 0 aromatic heterocycles. The summed E-state index contributed by atoms with van der Waals surface area (Å²) in [5, 5.41) is 0. The molecule has 0 atom stereocenters. The highest BCUT2D eigenvalue weighted by Gasteiger charge is 2.15. The van der Waals surface area contributed by atoms with Crippen molar-refractivity contribution >= 4 is 5.97 Å². The molecule has 2 fully saturated rings. The van der Waals surface area contributed by atoms with Crippen molar-refractivity contribution in [3.05, 3.63) is 19.1 Å². The molecule has 17 heavy (non-hydrogen) atoms. The molecule has 0 aromatic rings. The first-order chi connectivity index (χ1) is 8.33. The predicted octanol–water partition coefficient (Wildman–Crippen LogP) is 4.20. The SMILES string of the molecule is C=CC(=O)OC1CCCCC1.[CH]1CCCCC1. The first-order valence-electron chi connectivity index (χ1n) is 6.97. The van der Waals surface area contributed by atoms with E-state index in [9.17, 15) is 4.79 Å². The van der Waals surface area contributed by atoms with Gasteiger partial charge in [0.25, 0.3) is 0 Å². The Kier molecular flexibility index (Phi) is 7.78. The highest BCUT2D eigenvalue weighted by atomic mass is 16.5. The number of esters is 1. The van der Waals surface area contributed by atoms with E-state index in [0.29, 0.717) is 0 Å². The quantitative estimate of drug-likeness (QED) is 0.531. The van der Waals surface area contributed by atoms with Gasteiger partial charge in [-0.15, -0.1) is 0 Å². The molecule has 2 heteroatoms. The number of carbonyl (C=O) groups excluding carboxylic acids is 1. The van der Waals surface area contributed by atoms with Crippen LogP contribution >= 0.6 is 0 Å². The molecule has 0 spiro atoms. The Labute approximate surface area is 105 Å². The van der Waals surface area contributed by atoms with E-state index in [0.717, 1.165) is 12.8 Å². The zero-order valence-electron chi connectivity index (χ0n) is 10.8. The fraction of sp³-hybridized carbons (Fsp3) is 0.733. The van der Waals surface area contributed by atoms with Crippen LogP contribution in [0.4, 0.5) is 0 Å². The number of hydrogen-bond donors (Lipinski definition) is 0. The smallest absolute Gasteiger partial charge is 0.330 e. The summed E-state index contributed by atoms with van der Waals surface area (Å²) in [6.45, 7) is 3.35. The van der Waals surface area contributed by atoms with E-state index < -0.39 is 0 Å². The first kappa shape index (κ1) is 14.3. The molecule has 0 heterocycles. The van der Waals surface area contributed by atoms with Crippen LogP contribution < -0.4 is 0 Å². The molecular weight excluding hydrogens is 212 g/mol. The molecule has 0 aliphatic heterocycles. The summed E-state index contributed by atoms with van der Waals surface area (Å²) in [7, 11) is 0. The maximum atomic E-state index is 10.7. The van der Waals surface area contributed by atoms with Crippen LogP contribution in [-0.2, 0) is 9.53 Å². The molecule has 2 saturated carbocycles. The van der Waals surface area contributed by atoms with Crippen LogP contribution in [0.1, 0.15) is 64.2 Å². The maximum absolute atomic E-state index is 10.7. The lowest BCUT2D eigenvalue weighted by molar-refractivity contribution is -0.144. The summed E-state index contributed by atoms with van der Waals surface area (Å²) >= 11 is 0. The van der Waals surface area contributed by atoms with Gasteiger partial charge in [0.05, 0.1) is 0 Å². The number of hydrogen-bond acceptors (Lipinski definition) is 2. The minimum atomic E-state index is -0.281. The van der Waals surface area contributed by atoms with Gasteiger partial charge in [-0.2, -0.15) is 0 Å². The summed E-state index contributed by atoms with van der Waals surface area (Å²) < 4.78 is 5.08. The van der Waals surface area contributed by atoms with Crippen LogP contribution in [0.15, 0.2) is 12.7 Å². The normalized spacial score (nSPS) is 20.9. The zero-order chi connectivity index (χ0) is 12.3. The minimum Gasteiger partial charge on any atom is -0.459 e. The highest BCUT2D eigenvalue weighted by Crippen LogP contribution is 2.20. The Morgan fingerprint density at radius 2 is 1.65 bits per heavy atom. The number of carbonyl (C=O) groups is 1. The molecule has 2 nitrogen and oxygen atoms in total. The molecule has 0 N–H and O–H groups in total. The molecule has 0 amide bonds. The molecule has 0 saturated heterocycles. The van der Waals surface area contributed by atoms with Crippen LogP contribution in [0.3, 0.4) is 0 Å². The van der Waals surface area contributed by atoms with Crippen molar-refractivity contribution < 1.29 is 9.53 Å². The van der Waals surface area contributed by atoms with Crippen LogP contribution in [-0.4, -0.2) is 12.1 Å². The second-order valence-corrected chi connectivity index (χ2v) is 4.83. The van der Waals surface area contributed by atoms with Gasteiger partial charge in [-0.05, 0) is 32.1 Å². The standard InChI is InChI=1S/C9H14O2.C6H11/c1-2-9(10)11-8-6-4-3-5-7-8;1-2-4-6-5-3-1/h2,8H,1,3-7H2;1H,2-6H2. The molecule has 1 radical (unpaired) electrons. The van der Waals surface area contributed by atoms with Crippen LogP contribution in [0.2, 0.25) is 0 Å². The second-order valence-electron chi connectivity index (χ2n) is 4.83. The third-order valence-electron chi connectivity index (χ3n) is 3.32. The third-order valence-corrected chi connectivity index (χ3v) is 3.32. The van der Waals surface area contributed by atoms with Crippen molar-refractivity contribution in [3.63, 3.8) is 0 Å². The van der Waals surface area contributed by atoms with Crippen molar-refractivity contribution in [2.24, 2.45) is 0 Å². The van der Waals surface area contributed by atoms with Gasteiger partial charge >= 0.3 is 5.97 Å². The Hall–Kier alpha value is -0.790. The van der Waals surface area contributed by atoms with Crippen LogP contribution in [0, 0.1) is 6.42 Å². The first-order valence-corrected chi connectivity index (χ1v) is 6.97. The Balaban J connectivity index is 0.000000202. The Morgan fingerprint density at radius 3 is 2.06 bits per heavy atom. The molecule has 2 aliphatic rings. The van der Waals surface area contributed by atoms with Crippen molar-refractivity contribution in [3.8, 4) is 0 Å². The van der Waals surface area contributed by atoms with Crippen LogP contribution in [0.25, 0.3) is 0 Å². The van der Waals surface area contributed by atoms with E-state index in [-0.39, 0.29) is 12.1 Å². The van der Waals surface area contributed by atoms with Gasteiger partial charge in [-0.25, -0.2) is 4.79 Å². The van der Waals surface area contributed by atoms with E-state index in [4.69, 9.17) is 4.74 Å². The summed E-state index contributed by atoms with van der Waals surface area (Å²) in [5.41, 5.74) is 0. The topological polar surface area (TPSA) is 26.3 Å². The van der Waals surface area contributed by atoms with Gasteiger partial charge in [0, 0.05) is 6.08 Å².